The van der Waals surface area contributed by atoms with E-state index in [1.54, 1.807) is 31.2 Å². The van der Waals surface area contributed by atoms with Crippen LogP contribution in [0.3, 0.4) is 0 Å². The molecule has 0 radical (unpaired) electrons. The lowest BCUT2D eigenvalue weighted by Gasteiger charge is -2.53. The van der Waals surface area contributed by atoms with Gasteiger partial charge in [-0.05, 0) is 43.3 Å². The molecule has 0 aromatic heterocycles. The first-order valence-corrected chi connectivity index (χ1v) is 13.1. The van der Waals surface area contributed by atoms with Gasteiger partial charge < -0.3 is 36.2 Å². The van der Waals surface area contributed by atoms with Crippen molar-refractivity contribution in [3.05, 3.63) is 64.4 Å². The molecule has 1 fully saturated rings. The second-order valence-electron chi connectivity index (χ2n) is 11.4. The van der Waals surface area contributed by atoms with E-state index >= 15 is 0 Å². The van der Waals surface area contributed by atoms with Crippen LogP contribution in [0.4, 0.5) is 5.69 Å². The van der Waals surface area contributed by atoms with E-state index in [2.05, 4.69) is 0 Å². The van der Waals surface area contributed by atoms with Gasteiger partial charge in [-0.1, -0.05) is 31.2 Å². The lowest BCUT2D eigenvalue weighted by molar-refractivity contribution is -0.169. The van der Waals surface area contributed by atoms with Gasteiger partial charge in [0.15, 0.2) is 11.4 Å². The zero-order valence-corrected chi connectivity index (χ0v) is 23.3. The predicted octanol–water partition coefficient (Wildman–Crippen LogP) is 1.23. The molecule has 0 unspecified atom stereocenters. The smallest absolute Gasteiger partial charge is 0.255 e. The molecule has 3 aliphatic rings. The number of ketones is 2. The predicted molar refractivity (Wildman–Crippen MR) is 150 cm³/mol. The number of nitrogens with zero attached hydrogens (tertiary/aromatic N) is 2. The number of hydrogen-bond donors (Lipinski definition) is 6. The summed E-state index contributed by atoms with van der Waals surface area (Å²) < 4.78 is 0. The highest BCUT2D eigenvalue weighted by atomic mass is 16.4. The minimum atomic E-state index is -2.95. The first-order chi connectivity index (χ1) is 19.2. The van der Waals surface area contributed by atoms with Gasteiger partial charge in [0.05, 0.1) is 23.6 Å². The Morgan fingerprint density at radius 3 is 2.12 bits per heavy atom. The van der Waals surface area contributed by atoms with Crippen LogP contribution in [0.1, 0.15) is 24.0 Å². The summed E-state index contributed by atoms with van der Waals surface area (Å²) in [6.07, 6.45) is -1.63. The van der Waals surface area contributed by atoms with Gasteiger partial charge in [0.1, 0.15) is 22.8 Å². The molecule has 6 atom stereocenters. The SMILES string of the molecule is C[C@@H]1c2ccc(-c3ccc(N(C)C)cc3)c(O)c2C(O)=C2C(=O)[C@@]3(O)C(O)=C(C(N)=O)C(=O)[C@H](N(C)C)[C@H]3[C@H](O)[C@H]21. The Kier molecular flexibility index (Phi) is 6.52. The number of likely N-dealkylation sites (N-methyl/N-ethyl adjacent to an activating group) is 1. The number of benzene rings is 2. The number of anilines is 1. The molecule has 11 heteroatoms. The molecular weight excluding hydrogens is 530 g/mol. The van der Waals surface area contributed by atoms with Crippen LogP contribution in [0.5, 0.6) is 5.75 Å². The van der Waals surface area contributed by atoms with E-state index < -0.39 is 75.6 Å². The molecule has 0 spiro atoms. The largest absolute Gasteiger partial charge is 0.508 e. The fourth-order valence-electron chi connectivity index (χ4n) is 6.79. The molecule has 7 N–H and O–H groups in total. The lowest BCUT2D eigenvalue weighted by Crippen LogP contribution is -2.70. The topological polar surface area (TPSA) is 185 Å². The van der Waals surface area contributed by atoms with E-state index in [9.17, 15) is 39.9 Å². The van der Waals surface area contributed by atoms with Crippen LogP contribution in [0.15, 0.2) is 53.3 Å². The third-order valence-corrected chi connectivity index (χ3v) is 8.82. The van der Waals surface area contributed by atoms with E-state index in [1.165, 1.54) is 19.0 Å². The fourth-order valence-corrected chi connectivity index (χ4v) is 6.79. The molecule has 0 aliphatic heterocycles. The Hall–Kier alpha value is -4.19. The van der Waals surface area contributed by atoms with Crippen molar-refractivity contribution in [2.24, 2.45) is 17.6 Å². The Balaban J connectivity index is 1.74. The van der Waals surface area contributed by atoms with Crippen LogP contribution >= 0.6 is 0 Å². The zero-order chi connectivity index (χ0) is 30.3. The molecule has 2 aromatic rings. The average Bonchev–Trinajstić information content (AvgIpc) is 2.90. The number of fused-ring (bicyclic) bond motifs is 3. The van der Waals surface area contributed by atoms with Crippen LogP contribution < -0.4 is 10.6 Å². The highest BCUT2D eigenvalue weighted by molar-refractivity contribution is 6.24. The van der Waals surface area contributed by atoms with Gasteiger partial charge in [-0.15, -0.1) is 0 Å². The first-order valence-electron chi connectivity index (χ1n) is 13.1. The number of carbonyl (C=O) groups is 3. The number of aliphatic hydroxyl groups is 4. The maximum Gasteiger partial charge on any atom is 0.255 e. The second kappa shape index (κ2) is 9.44. The van der Waals surface area contributed by atoms with Crippen molar-refractivity contribution in [2.75, 3.05) is 33.1 Å². The van der Waals surface area contributed by atoms with Crippen LogP contribution in [0, 0.1) is 11.8 Å². The van der Waals surface area contributed by atoms with E-state index in [-0.39, 0.29) is 11.3 Å². The van der Waals surface area contributed by atoms with Crippen molar-refractivity contribution in [1.29, 1.82) is 0 Å². The van der Waals surface area contributed by atoms with Gasteiger partial charge in [0.25, 0.3) is 5.91 Å². The molecule has 41 heavy (non-hydrogen) atoms. The minimum Gasteiger partial charge on any atom is -0.508 e. The maximum atomic E-state index is 14.1. The molecule has 1 amide bonds. The molecule has 0 heterocycles. The molecular formula is C30H33N3O8. The monoisotopic (exact) mass is 563 g/mol. The third-order valence-electron chi connectivity index (χ3n) is 8.82. The summed E-state index contributed by atoms with van der Waals surface area (Å²) in [6.45, 7) is 1.70. The van der Waals surface area contributed by atoms with E-state index in [1.807, 2.05) is 31.1 Å². The normalized spacial score (nSPS) is 29.3. The van der Waals surface area contributed by atoms with E-state index in [0.29, 0.717) is 16.7 Å². The quantitative estimate of drug-likeness (QED) is 0.296. The molecule has 216 valence electrons. The molecule has 2 aromatic carbocycles. The van der Waals surface area contributed by atoms with Crippen molar-refractivity contribution in [2.45, 2.75) is 30.6 Å². The average molecular weight is 564 g/mol. The Labute approximate surface area is 236 Å². The van der Waals surface area contributed by atoms with Crippen molar-refractivity contribution in [3.8, 4) is 16.9 Å². The van der Waals surface area contributed by atoms with E-state index in [4.69, 9.17) is 5.73 Å². The van der Waals surface area contributed by atoms with Gasteiger partial charge in [0, 0.05) is 36.8 Å². The van der Waals surface area contributed by atoms with Crippen molar-refractivity contribution >= 4 is 28.9 Å². The van der Waals surface area contributed by atoms with Crippen LogP contribution in [0.25, 0.3) is 16.9 Å². The first kappa shape index (κ1) is 28.3. The summed E-state index contributed by atoms with van der Waals surface area (Å²) in [4.78, 5) is 42.8. The Morgan fingerprint density at radius 1 is 0.976 bits per heavy atom. The summed E-state index contributed by atoms with van der Waals surface area (Å²) in [5, 5.41) is 57.4. The van der Waals surface area contributed by atoms with Gasteiger partial charge in [-0.25, -0.2) is 0 Å². The minimum absolute atomic E-state index is 0.0461. The number of rotatable bonds is 4. The Bertz CT molecular complexity index is 1560. The lowest BCUT2D eigenvalue weighted by atomic mass is 9.54. The maximum absolute atomic E-state index is 14.1. The van der Waals surface area contributed by atoms with Gasteiger partial charge in [-0.2, -0.15) is 0 Å². The number of Topliss-reactive ketones (excluding diaryl/α,β-unsaturated/α-hetero) is 2. The number of amides is 1. The van der Waals surface area contributed by atoms with Gasteiger partial charge in [-0.3, -0.25) is 19.3 Å². The number of carbonyl (C=O) groups excluding carboxylic acids is 3. The molecule has 11 nitrogen and oxygen atoms in total. The van der Waals surface area contributed by atoms with Crippen molar-refractivity contribution < 1.29 is 39.9 Å². The fraction of sp³-hybridized carbons (Fsp3) is 0.367. The molecule has 3 aliphatic carbocycles. The highest BCUT2D eigenvalue weighted by Gasteiger charge is 2.68. The Morgan fingerprint density at radius 2 is 1.59 bits per heavy atom. The van der Waals surface area contributed by atoms with Gasteiger partial charge >= 0.3 is 0 Å². The second-order valence-corrected chi connectivity index (χ2v) is 11.4. The summed E-state index contributed by atoms with van der Waals surface area (Å²) in [6, 6.07) is 9.30. The van der Waals surface area contributed by atoms with Crippen molar-refractivity contribution in [1.82, 2.24) is 4.90 Å². The zero-order valence-electron chi connectivity index (χ0n) is 23.3. The number of aromatic hydroxyl groups is 1. The van der Waals surface area contributed by atoms with Crippen LogP contribution in [-0.2, 0) is 14.4 Å². The number of phenols is 1. The summed E-state index contributed by atoms with van der Waals surface area (Å²) in [5.41, 5.74) is 3.39. The van der Waals surface area contributed by atoms with Crippen molar-refractivity contribution in [3.63, 3.8) is 0 Å². The van der Waals surface area contributed by atoms with Gasteiger partial charge in [0.2, 0.25) is 5.78 Å². The number of hydrogen-bond acceptors (Lipinski definition) is 10. The third kappa shape index (κ3) is 3.73. The standard InChI is InChI=1S/C30H33N3O8/c1-12-15-10-11-16(13-6-8-14(9-7-13)32(2)3)23(34)18(15)24(35)19-17(12)25(36)21-22(33(4)5)26(37)20(29(31)40)28(39)30(21,41)27(19)38/h6-12,17,21-22,25,34-36,39,41H,1-5H3,(H2,31,40)/t12-,17+,21+,22-,25-,30-/m1/s1. The highest BCUT2D eigenvalue weighted by Crippen LogP contribution is 2.56. The van der Waals surface area contributed by atoms with Crippen LogP contribution in [-0.4, -0.2) is 93.8 Å². The summed E-state index contributed by atoms with van der Waals surface area (Å²) in [7, 11) is 6.72. The molecule has 1 saturated carbocycles. The molecule has 5 rings (SSSR count). The summed E-state index contributed by atoms with van der Waals surface area (Å²) >= 11 is 0. The van der Waals surface area contributed by atoms with Crippen LogP contribution in [0.2, 0.25) is 0 Å². The molecule has 0 saturated heterocycles. The van der Waals surface area contributed by atoms with E-state index in [0.717, 1.165) is 5.69 Å². The summed E-state index contributed by atoms with van der Waals surface area (Å²) in [5.74, 6) is -9.09. The number of primary amides is 1. The molecule has 0 bridgehead atoms. The number of aliphatic hydroxyl groups excluding tert-OH is 3. The number of phenolic OH excluding ortho intramolecular Hbond substituents is 1. The number of nitrogens with two attached hydrogens (primary N) is 1.